The van der Waals surface area contributed by atoms with Gasteiger partial charge in [0.1, 0.15) is 15.7 Å². The van der Waals surface area contributed by atoms with Crippen molar-refractivity contribution in [2.75, 3.05) is 13.7 Å². The molecule has 1 unspecified atom stereocenters. The molecular formula is C19H30N6O2S. The van der Waals surface area contributed by atoms with Crippen LogP contribution in [0.3, 0.4) is 0 Å². The second-order valence-corrected chi connectivity index (χ2v) is 7.90. The van der Waals surface area contributed by atoms with E-state index in [0.717, 1.165) is 17.4 Å². The van der Waals surface area contributed by atoms with Crippen LogP contribution in [-0.2, 0) is 17.8 Å². The minimum Gasteiger partial charge on any atom is -0.462 e. The number of aromatic nitrogens is 3. The number of imidazole rings is 1. The Morgan fingerprint density at radius 3 is 2.79 bits per heavy atom. The van der Waals surface area contributed by atoms with Crippen LogP contribution < -0.4 is 10.6 Å². The van der Waals surface area contributed by atoms with E-state index in [1.54, 1.807) is 14.0 Å². The van der Waals surface area contributed by atoms with Crippen molar-refractivity contribution in [3.8, 4) is 0 Å². The van der Waals surface area contributed by atoms with E-state index in [9.17, 15) is 4.79 Å². The molecule has 8 nitrogen and oxygen atoms in total. The fraction of sp³-hybridized carbons (Fsp3) is 0.579. The van der Waals surface area contributed by atoms with Gasteiger partial charge in [-0.05, 0) is 26.7 Å². The van der Waals surface area contributed by atoms with Gasteiger partial charge >= 0.3 is 5.97 Å². The average Bonchev–Trinajstić information content (AvgIpc) is 3.24. The molecule has 28 heavy (non-hydrogen) atoms. The fourth-order valence-corrected chi connectivity index (χ4v) is 3.64. The van der Waals surface area contributed by atoms with E-state index >= 15 is 0 Å². The molecule has 0 aromatic carbocycles. The molecule has 0 saturated heterocycles. The zero-order chi connectivity index (χ0) is 20.7. The highest BCUT2D eigenvalue weighted by Gasteiger charge is 2.20. The maximum absolute atomic E-state index is 12.0. The molecule has 0 saturated carbocycles. The Kier molecular flexibility index (Phi) is 7.98. The van der Waals surface area contributed by atoms with Gasteiger partial charge < -0.3 is 19.9 Å². The molecule has 0 aliphatic rings. The van der Waals surface area contributed by atoms with Crippen LogP contribution in [0.15, 0.2) is 17.4 Å². The highest BCUT2D eigenvalue weighted by Crippen LogP contribution is 2.24. The Labute approximate surface area is 170 Å². The summed E-state index contributed by atoms with van der Waals surface area (Å²) in [5.74, 6) is 1.83. The van der Waals surface area contributed by atoms with E-state index in [4.69, 9.17) is 4.74 Å². The van der Waals surface area contributed by atoms with E-state index in [1.807, 2.05) is 26.2 Å². The summed E-state index contributed by atoms with van der Waals surface area (Å²) in [6.45, 7) is 11.8. The number of thiazole rings is 1. The van der Waals surface area contributed by atoms with Crippen LogP contribution in [0.2, 0.25) is 0 Å². The smallest absolute Gasteiger partial charge is 0.350 e. The summed E-state index contributed by atoms with van der Waals surface area (Å²) in [5, 5.41) is 7.42. The minimum atomic E-state index is -0.324. The summed E-state index contributed by atoms with van der Waals surface area (Å²) >= 11 is 1.35. The van der Waals surface area contributed by atoms with Crippen LogP contribution in [0.4, 0.5) is 0 Å². The molecule has 0 bridgehead atoms. The highest BCUT2D eigenvalue weighted by molar-refractivity contribution is 7.13. The van der Waals surface area contributed by atoms with Gasteiger partial charge in [-0.2, -0.15) is 0 Å². The summed E-state index contributed by atoms with van der Waals surface area (Å²) in [4.78, 5) is 25.8. The van der Waals surface area contributed by atoms with Crippen molar-refractivity contribution in [3.05, 3.63) is 33.8 Å². The molecule has 2 aromatic heterocycles. The van der Waals surface area contributed by atoms with Gasteiger partial charge in [0, 0.05) is 26.0 Å². The first-order chi connectivity index (χ1) is 13.3. The number of carbonyl (C=O) groups is 1. The van der Waals surface area contributed by atoms with Crippen LogP contribution in [0.5, 0.6) is 0 Å². The minimum absolute atomic E-state index is 0.103. The molecule has 2 rings (SSSR count). The number of nitrogens with one attached hydrogen (secondary N) is 2. The summed E-state index contributed by atoms with van der Waals surface area (Å²) in [7, 11) is 1.72. The van der Waals surface area contributed by atoms with E-state index in [-0.39, 0.29) is 12.0 Å². The van der Waals surface area contributed by atoms with Crippen molar-refractivity contribution in [2.24, 2.45) is 10.9 Å². The zero-order valence-electron chi connectivity index (χ0n) is 17.4. The van der Waals surface area contributed by atoms with Crippen LogP contribution in [0, 0.1) is 12.8 Å². The predicted octanol–water partition coefficient (Wildman–Crippen LogP) is 2.91. The Morgan fingerprint density at radius 1 is 1.39 bits per heavy atom. The third-order valence-corrected chi connectivity index (χ3v) is 5.32. The highest BCUT2D eigenvalue weighted by atomic mass is 32.1. The molecule has 1 atom stereocenters. The lowest BCUT2D eigenvalue weighted by Crippen LogP contribution is -2.38. The molecule has 0 fully saturated rings. The number of hydrogen-bond donors (Lipinski definition) is 2. The van der Waals surface area contributed by atoms with Crippen molar-refractivity contribution in [2.45, 2.75) is 53.8 Å². The average molecular weight is 407 g/mol. The summed E-state index contributed by atoms with van der Waals surface area (Å²) in [6, 6.07) is -0.103. The number of aryl methyl sites for hydroxylation is 1. The van der Waals surface area contributed by atoms with Gasteiger partial charge in [0.15, 0.2) is 5.96 Å². The van der Waals surface area contributed by atoms with Gasteiger partial charge in [-0.25, -0.2) is 14.8 Å². The third kappa shape index (κ3) is 5.79. The Hall–Kier alpha value is -2.42. The van der Waals surface area contributed by atoms with Crippen molar-refractivity contribution < 1.29 is 9.53 Å². The van der Waals surface area contributed by atoms with Crippen molar-refractivity contribution in [3.63, 3.8) is 0 Å². The third-order valence-electron chi connectivity index (χ3n) is 4.00. The lowest BCUT2D eigenvalue weighted by atomic mass is 10.2. The molecule has 0 amide bonds. The first kappa shape index (κ1) is 21.9. The second kappa shape index (κ2) is 10.2. The molecule has 2 heterocycles. The number of hydrogen-bond acceptors (Lipinski definition) is 6. The predicted molar refractivity (Wildman–Crippen MR) is 112 cm³/mol. The standard InChI is InChI=1S/C19H30N6O2S/c1-7-27-18(26)16-13(4)23-17(28-16)14(5)24-19(20-6)22-10-15-21-8-9-25(15)11-12(2)3/h8-9,12,14H,7,10-11H2,1-6H3,(H2,20,22,24). The van der Waals surface area contributed by atoms with E-state index < -0.39 is 0 Å². The van der Waals surface area contributed by atoms with Gasteiger partial charge in [0.25, 0.3) is 0 Å². The number of ether oxygens (including phenoxy) is 1. The maximum atomic E-state index is 12.0. The van der Waals surface area contributed by atoms with Crippen LogP contribution >= 0.6 is 11.3 Å². The number of rotatable bonds is 8. The first-order valence-electron chi connectivity index (χ1n) is 9.47. The number of esters is 1. The van der Waals surface area contributed by atoms with E-state index in [1.165, 1.54) is 11.3 Å². The molecule has 9 heteroatoms. The zero-order valence-corrected chi connectivity index (χ0v) is 18.3. The largest absolute Gasteiger partial charge is 0.462 e. The van der Waals surface area contributed by atoms with Gasteiger partial charge in [-0.1, -0.05) is 13.8 Å². The van der Waals surface area contributed by atoms with Crippen molar-refractivity contribution in [1.29, 1.82) is 0 Å². The van der Waals surface area contributed by atoms with Crippen LogP contribution in [0.1, 0.15) is 59.9 Å². The normalized spacial score (nSPS) is 12.9. The Morgan fingerprint density at radius 2 is 2.14 bits per heavy atom. The summed E-state index contributed by atoms with van der Waals surface area (Å²) < 4.78 is 7.23. The molecule has 0 aliphatic carbocycles. The number of carbonyl (C=O) groups excluding carboxylic acids is 1. The SMILES string of the molecule is CCOC(=O)c1sc(C(C)NC(=NC)NCc2nccn2CC(C)C)nc1C. The van der Waals surface area contributed by atoms with E-state index in [0.29, 0.717) is 35.6 Å². The number of guanidine groups is 1. The quantitative estimate of drug-likeness (QED) is 0.398. The molecule has 0 spiro atoms. The lowest BCUT2D eigenvalue weighted by molar-refractivity contribution is 0.0531. The van der Waals surface area contributed by atoms with Gasteiger partial charge in [0.05, 0.1) is 24.9 Å². The monoisotopic (exact) mass is 406 g/mol. The molecule has 154 valence electrons. The first-order valence-corrected chi connectivity index (χ1v) is 10.3. The molecule has 0 radical (unpaired) electrons. The van der Waals surface area contributed by atoms with Gasteiger partial charge in [0.2, 0.25) is 0 Å². The van der Waals surface area contributed by atoms with Crippen LogP contribution in [0.25, 0.3) is 0 Å². The lowest BCUT2D eigenvalue weighted by Gasteiger charge is -2.17. The Bertz CT molecular complexity index is 811. The molecule has 2 aromatic rings. The van der Waals surface area contributed by atoms with Crippen molar-refractivity contribution in [1.82, 2.24) is 25.2 Å². The summed E-state index contributed by atoms with van der Waals surface area (Å²) in [5.41, 5.74) is 0.686. The van der Waals surface area contributed by atoms with Gasteiger partial charge in [-0.3, -0.25) is 4.99 Å². The number of nitrogens with zero attached hydrogens (tertiary/aromatic N) is 4. The van der Waals surface area contributed by atoms with Gasteiger partial charge in [-0.15, -0.1) is 11.3 Å². The molecule has 0 aliphatic heterocycles. The van der Waals surface area contributed by atoms with Crippen molar-refractivity contribution >= 4 is 23.3 Å². The fourth-order valence-electron chi connectivity index (χ4n) is 2.68. The molecule has 2 N–H and O–H groups in total. The number of aliphatic imine (C=N–C) groups is 1. The topological polar surface area (TPSA) is 93.4 Å². The van der Waals surface area contributed by atoms with Crippen LogP contribution in [-0.4, -0.2) is 40.1 Å². The molecular weight excluding hydrogens is 376 g/mol. The Balaban J connectivity index is 1.99. The summed E-state index contributed by atoms with van der Waals surface area (Å²) in [6.07, 6.45) is 3.80. The maximum Gasteiger partial charge on any atom is 0.350 e. The van der Waals surface area contributed by atoms with E-state index in [2.05, 4.69) is 44.0 Å². The second-order valence-electron chi connectivity index (χ2n) is 6.87.